The van der Waals surface area contributed by atoms with Gasteiger partial charge in [-0.25, -0.2) is 0 Å². The lowest BCUT2D eigenvalue weighted by molar-refractivity contribution is -0.0949. The van der Waals surface area contributed by atoms with E-state index < -0.39 is 6.05 Å². The molecule has 0 aliphatic carbocycles. The van der Waals surface area contributed by atoms with Gasteiger partial charge < -0.3 is 4.74 Å². The third-order valence-corrected chi connectivity index (χ3v) is 1.27. The highest BCUT2D eigenvalue weighted by atomic mass is 19.3. The van der Waals surface area contributed by atoms with Crippen LogP contribution in [0.4, 0.5) is 8.78 Å². The Bertz CT molecular complexity index is 97.6. The van der Waals surface area contributed by atoms with Gasteiger partial charge in [0.25, 0.3) is 6.05 Å². The van der Waals surface area contributed by atoms with Gasteiger partial charge in [-0.15, -0.1) is 0 Å². The van der Waals surface area contributed by atoms with Gasteiger partial charge >= 0.3 is 0 Å². The first-order valence-electron chi connectivity index (χ1n) is 2.82. The molecule has 0 saturated carbocycles. The third-order valence-electron chi connectivity index (χ3n) is 1.27. The smallest absolute Gasteiger partial charge is 0.300 e. The van der Waals surface area contributed by atoms with E-state index in [1.165, 1.54) is 0 Å². The molecule has 0 bridgehead atoms. The molecule has 1 aliphatic rings. The van der Waals surface area contributed by atoms with Crippen LogP contribution in [0.25, 0.3) is 0 Å². The molecule has 4 heteroatoms. The average molecular weight is 137 g/mol. The van der Waals surface area contributed by atoms with E-state index in [4.69, 9.17) is 4.74 Å². The van der Waals surface area contributed by atoms with Crippen molar-refractivity contribution in [3.8, 4) is 0 Å². The van der Waals surface area contributed by atoms with Crippen molar-refractivity contribution >= 4 is 0 Å². The molecule has 0 amide bonds. The van der Waals surface area contributed by atoms with Crippen molar-refractivity contribution in [3.63, 3.8) is 0 Å². The number of hydrogen-bond acceptors (Lipinski definition) is 2. The van der Waals surface area contributed by atoms with Crippen molar-refractivity contribution in [2.24, 2.45) is 11.7 Å². The second-order valence-electron chi connectivity index (χ2n) is 2.37. The quantitative estimate of drug-likeness (QED) is 0.565. The van der Waals surface area contributed by atoms with Gasteiger partial charge in [-0.05, 0) is 0 Å². The highest BCUT2D eigenvalue weighted by Gasteiger charge is 2.31. The fourth-order valence-electron chi connectivity index (χ4n) is 0.787. The van der Waals surface area contributed by atoms with Gasteiger partial charge in [-0.3, -0.25) is 5.73 Å². The minimum Gasteiger partial charge on any atom is -0.381 e. The summed E-state index contributed by atoms with van der Waals surface area (Å²) in [5, 5.41) is 0. The molecule has 1 fully saturated rings. The number of nitrogens with two attached hydrogens (primary N) is 1. The van der Waals surface area contributed by atoms with Gasteiger partial charge in [-0.2, -0.15) is 8.78 Å². The molecule has 9 heavy (non-hydrogen) atoms. The summed E-state index contributed by atoms with van der Waals surface area (Å²) in [4.78, 5) is 0. The molecule has 0 spiro atoms. The van der Waals surface area contributed by atoms with E-state index in [1.807, 2.05) is 0 Å². The molecule has 2 N–H and O–H groups in total. The summed E-state index contributed by atoms with van der Waals surface area (Å²) in [6.07, 6.45) is -0.243. The number of halogens is 2. The molecule has 1 saturated heterocycles. The standard InChI is InChI=1S/C5H9F2NO/c6-5(7,8)1-4-2-9-3-4/h4H,1-3,8H2. The molecule has 1 rings (SSSR count). The summed E-state index contributed by atoms with van der Waals surface area (Å²) in [6, 6.07) is -3.01. The summed E-state index contributed by atoms with van der Waals surface area (Å²) in [5.41, 5.74) is 4.46. The first-order valence-corrected chi connectivity index (χ1v) is 2.82. The van der Waals surface area contributed by atoms with Crippen LogP contribution >= 0.6 is 0 Å². The van der Waals surface area contributed by atoms with Crippen molar-refractivity contribution in [2.45, 2.75) is 12.5 Å². The Balaban J connectivity index is 2.16. The zero-order valence-electron chi connectivity index (χ0n) is 4.94. The minimum atomic E-state index is -3.01. The highest BCUT2D eigenvalue weighted by Crippen LogP contribution is 2.22. The monoisotopic (exact) mass is 137 g/mol. The van der Waals surface area contributed by atoms with Crippen LogP contribution in [0, 0.1) is 5.92 Å². The lowest BCUT2D eigenvalue weighted by Crippen LogP contribution is -2.38. The van der Waals surface area contributed by atoms with Gasteiger partial charge in [0.2, 0.25) is 0 Å². The van der Waals surface area contributed by atoms with Crippen LogP contribution in [0.5, 0.6) is 0 Å². The highest BCUT2D eigenvalue weighted by molar-refractivity contribution is 4.70. The Morgan fingerprint density at radius 2 is 2.11 bits per heavy atom. The van der Waals surface area contributed by atoms with E-state index in [1.54, 1.807) is 0 Å². The summed E-state index contributed by atoms with van der Waals surface area (Å²) < 4.78 is 28.5. The molecule has 0 radical (unpaired) electrons. The lowest BCUT2D eigenvalue weighted by Gasteiger charge is -2.27. The molecule has 0 aromatic rings. The summed E-state index contributed by atoms with van der Waals surface area (Å²) in [5.74, 6) is -0.0231. The molecular weight excluding hydrogens is 128 g/mol. The lowest BCUT2D eigenvalue weighted by atomic mass is 10.0. The van der Waals surface area contributed by atoms with E-state index in [0.717, 1.165) is 0 Å². The molecule has 0 aromatic heterocycles. The largest absolute Gasteiger partial charge is 0.381 e. The Labute approximate surface area is 52.0 Å². The molecule has 0 unspecified atom stereocenters. The normalized spacial score (nSPS) is 21.7. The van der Waals surface area contributed by atoms with Crippen LogP contribution in [-0.2, 0) is 4.74 Å². The van der Waals surface area contributed by atoms with Crippen molar-refractivity contribution < 1.29 is 13.5 Å². The van der Waals surface area contributed by atoms with Crippen LogP contribution in [-0.4, -0.2) is 19.3 Å². The molecule has 1 heterocycles. The van der Waals surface area contributed by atoms with Crippen LogP contribution in [0.3, 0.4) is 0 Å². The number of rotatable bonds is 2. The number of ether oxygens (including phenoxy) is 1. The zero-order chi connectivity index (χ0) is 6.91. The average Bonchev–Trinajstić information content (AvgIpc) is 1.53. The first kappa shape index (κ1) is 6.89. The first-order chi connectivity index (χ1) is 4.08. The Morgan fingerprint density at radius 3 is 2.22 bits per heavy atom. The third kappa shape index (κ3) is 2.24. The summed E-state index contributed by atoms with van der Waals surface area (Å²) >= 11 is 0. The summed E-state index contributed by atoms with van der Waals surface area (Å²) in [7, 11) is 0. The van der Waals surface area contributed by atoms with E-state index in [-0.39, 0.29) is 12.3 Å². The molecular formula is C5H9F2NO. The minimum absolute atomic E-state index is 0.0231. The van der Waals surface area contributed by atoms with Crippen molar-refractivity contribution in [2.75, 3.05) is 13.2 Å². The van der Waals surface area contributed by atoms with Gasteiger partial charge in [0.05, 0.1) is 13.2 Å². The predicted octanol–water partition coefficient (Wildman–Crippen LogP) is 0.574. The maximum atomic E-state index is 11.9. The van der Waals surface area contributed by atoms with Crippen molar-refractivity contribution in [3.05, 3.63) is 0 Å². The van der Waals surface area contributed by atoms with E-state index in [2.05, 4.69) is 5.73 Å². The Morgan fingerprint density at radius 1 is 1.56 bits per heavy atom. The number of hydrogen-bond donors (Lipinski definition) is 1. The van der Waals surface area contributed by atoms with Gasteiger partial charge in [0.1, 0.15) is 0 Å². The topological polar surface area (TPSA) is 35.2 Å². The van der Waals surface area contributed by atoms with E-state index >= 15 is 0 Å². The molecule has 2 nitrogen and oxygen atoms in total. The second-order valence-corrected chi connectivity index (χ2v) is 2.37. The fourth-order valence-corrected chi connectivity index (χ4v) is 0.787. The molecule has 0 atom stereocenters. The SMILES string of the molecule is NC(F)(F)CC1COC1. The van der Waals surface area contributed by atoms with Gasteiger partial charge in [0, 0.05) is 12.3 Å². The van der Waals surface area contributed by atoms with Gasteiger partial charge in [-0.1, -0.05) is 0 Å². The van der Waals surface area contributed by atoms with E-state index in [0.29, 0.717) is 13.2 Å². The second kappa shape index (κ2) is 2.19. The zero-order valence-corrected chi connectivity index (χ0v) is 4.94. The maximum absolute atomic E-state index is 11.9. The summed E-state index contributed by atoms with van der Waals surface area (Å²) in [6.45, 7) is 0.875. The Hall–Kier alpha value is -0.220. The van der Waals surface area contributed by atoms with Crippen LogP contribution in [0.1, 0.15) is 6.42 Å². The van der Waals surface area contributed by atoms with Gasteiger partial charge in [0.15, 0.2) is 0 Å². The van der Waals surface area contributed by atoms with Crippen LogP contribution in [0.15, 0.2) is 0 Å². The van der Waals surface area contributed by atoms with Crippen LogP contribution in [0.2, 0.25) is 0 Å². The maximum Gasteiger partial charge on any atom is 0.300 e. The van der Waals surface area contributed by atoms with Crippen molar-refractivity contribution in [1.82, 2.24) is 0 Å². The van der Waals surface area contributed by atoms with E-state index in [9.17, 15) is 8.78 Å². The Kier molecular flexibility index (Phi) is 1.68. The molecule has 0 aromatic carbocycles. The fraction of sp³-hybridized carbons (Fsp3) is 1.00. The molecule has 54 valence electrons. The van der Waals surface area contributed by atoms with Crippen molar-refractivity contribution in [1.29, 1.82) is 0 Å². The number of alkyl halides is 2. The predicted molar refractivity (Wildman–Crippen MR) is 28.1 cm³/mol. The van der Waals surface area contributed by atoms with Crippen LogP contribution < -0.4 is 5.73 Å². The molecule has 1 aliphatic heterocycles.